The second-order valence-corrected chi connectivity index (χ2v) is 4.33. The van der Waals surface area contributed by atoms with Crippen molar-refractivity contribution in [3.05, 3.63) is 53.6 Å². The molecule has 0 fully saturated rings. The van der Waals surface area contributed by atoms with Crippen molar-refractivity contribution >= 4 is 12.1 Å². The Morgan fingerprint density at radius 1 is 1.00 bits per heavy atom. The van der Waals surface area contributed by atoms with Crippen LogP contribution in [0.4, 0.5) is 4.79 Å². The standard InChI is InChI=1S/C16H14O5/c1-10-11(8-5-9-14(10)21-16(18)19)12-6-3-4-7-13(12)15(17)20-2/h3-9H,1-2H3,(H,18,19). The smallest absolute Gasteiger partial charge is 0.465 e. The molecule has 2 aromatic carbocycles. The van der Waals surface area contributed by atoms with Gasteiger partial charge in [0.05, 0.1) is 12.7 Å². The van der Waals surface area contributed by atoms with Gasteiger partial charge in [0, 0.05) is 0 Å². The maximum absolute atomic E-state index is 11.8. The van der Waals surface area contributed by atoms with Crippen LogP contribution in [0.15, 0.2) is 42.5 Å². The molecule has 0 radical (unpaired) electrons. The van der Waals surface area contributed by atoms with Crippen molar-refractivity contribution < 1.29 is 24.2 Å². The van der Waals surface area contributed by atoms with Crippen molar-refractivity contribution in [2.75, 3.05) is 7.11 Å². The van der Waals surface area contributed by atoms with Gasteiger partial charge in [0.2, 0.25) is 0 Å². The summed E-state index contributed by atoms with van der Waals surface area (Å²) >= 11 is 0. The topological polar surface area (TPSA) is 72.8 Å². The molecule has 0 aliphatic heterocycles. The molecular formula is C16H14O5. The maximum atomic E-state index is 11.8. The van der Waals surface area contributed by atoms with Crippen LogP contribution in [0.5, 0.6) is 5.75 Å². The Labute approximate surface area is 121 Å². The van der Waals surface area contributed by atoms with Gasteiger partial charge in [-0.15, -0.1) is 0 Å². The maximum Gasteiger partial charge on any atom is 0.511 e. The third kappa shape index (κ3) is 3.02. The van der Waals surface area contributed by atoms with Gasteiger partial charge in [-0.25, -0.2) is 9.59 Å². The summed E-state index contributed by atoms with van der Waals surface area (Å²) in [6.45, 7) is 1.74. The lowest BCUT2D eigenvalue weighted by molar-refractivity contribution is 0.0601. The Morgan fingerprint density at radius 3 is 2.33 bits per heavy atom. The fourth-order valence-corrected chi connectivity index (χ4v) is 2.12. The van der Waals surface area contributed by atoms with Crippen LogP contribution in [0.25, 0.3) is 11.1 Å². The summed E-state index contributed by atoms with van der Waals surface area (Å²) in [5.74, 6) is -0.214. The van der Waals surface area contributed by atoms with Crippen LogP contribution >= 0.6 is 0 Å². The lowest BCUT2D eigenvalue weighted by Crippen LogP contribution is -2.06. The van der Waals surface area contributed by atoms with Gasteiger partial charge >= 0.3 is 12.1 Å². The Bertz CT molecular complexity index is 691. The zero-order valence-electron chi connectivity index (χ0n) is 11.6. The predicted octanol–water partition coefficient (Wildman–Crippen LogP) is 3.51. The molecule has 0 saturated heterocycles. The zero-order chi connectivity index (χ0) is 15.4. The molecule has 5 heteroatoms. The van der Waals surface area contributed by atoms with E-state index in [-0.39, 0.29) is 5.75 Å². The summed E-state index contributed by atoms with van der Waals surface area (Å²) in [6, 6.07) is 12.0. The van der Waals surface area contributed by atoms with Crippen molar-refractivity contribution in [3.63, 3.8) is 0 Å². The van der Waals surface area contributed by atoms with Crippen LogP contribution in [0.2, 0.25) is 0 Å². The quantitative estimate of drug-likeness (QED) is 0.690. The minimum Gasteiger partial charge on any atom is -0.465 e. The lowest BCUT2D eigenvalue weighted by Gasteiger charge is -2.13. The van der Waals surface area contributed by atoms with Crippen LogP contribution < -0.4 is 4.74 Å². The van der Waals surface area contributed by atoms with Gasteiger partial charge in [-0.3, -0.25) is 0 Å². The van der Waals surface area contributed by atoms with Gasteiger partial charge in [-0.1, -0.05) is 30.3 Å². The third-order valence-electron chi connectivity index (χ3n) is 3.10. The molecule has 2 aromatic rings. The first-order valence-corrected chi connectivity index (χ1v) is 6.22. The molecule has 0 unspecified atom stereocenters. The highest BCUT2D eigenvalue weighted by Crippen LogP contribution is 2.32. The number of carboxylic acid groups (broad SMARTS) is 1. The highest BCUT2D eigenvalue weighted by molar-refractivity contribution is 5.97. The zero-order valence-corrected chi connectivity index (χ0v) is 11.6. The van der Waals surface area contributed by atoms with Gasteiger partial charge < -0.3 is 14.6 Å². The van der Waals surface area contributed by atoms with Gasteiger partial charge in [-0.05, 0) is 35.7 Å². The Balaban J connectivity index is 2.58. The van der Waals surface area contributed by atoms with E-state index in [0.717, 1.165) is 5.56 Å². The number of esters is 1. The second kappa shape index (κ2) is 6.09. The molecule has 0 atom stereocenters. The number of methoxy groups -OCH3 is 1. The molecule has 0 amide bonds. The predicted molar refractivity (Wildman–Crippen MR) is 76.6 cm³/mol. The highest BCUT2D eigenvalue weighted by Gasteiger charge is 2.16. The summed E-state index contributed by atoms with van der Waals surface area (Å²) in [6.07, 6.45) is -1.38. The molecule has 0 heterocycles. The van der Waals surface area contributed by atoms with Crippen LogP contribution in [-0.2, 0) is 4.74 Å². The van der Waals surface area contributed by atoms with Crippen LogP contribution in [0.3, 0.4) is 0 Å². The van der Waals surface area contributed by atoms with E-state index in [2.05, 4.69) is 0 Å². The average molecular weight is 286 g/mol. The molecular weight excluding hydrogens is 272 g/mol. The summed E-state index contributed by atoms with van der Waals surface area (Å²) in [7, 11) is 1.32. The minimum atomic E-state index is -1.38. The van der Waals surface area contributed by atoms with Crippen LogP contribution in [0, 0.1) is 6.92 Å². The Hall–Kier alpha value is -2.82. The molecule has 0 spiro atoms. The largest absolute Gasteiger partial charge is 0.511 e. The third-order valence-corrected chi connectivity index (χ3v) is 3.10. The molecule has 0 aliphatic rings. The number of carbonyl (C=O) groups is 2. The van der Waals surface area contributed by atoms with E-state index in [9.17, 15) is 9.59 Å². The Kier molecular flexibility index (Phi) is 4.23. The fraction of sp³-hybridized carbons (Fsp3) is 0.125. The summed E-state index contributed by atoms with van der Waals surface area (Å²) < 4.78 is 9.50. The molecule has 0 saturated carbocycles. The van der Waals surface area contributed by atoms with Crippen molar-refractivity contribution in [2.45, 2.75) is 6.92 Å². The summed E-state index contributed by atoms with van der Waals surface area (Å²) in [5, 5.41) is 8.74. The molecule has 108 valence electrons. The first kappa shape index (κ1) is 14.6. The van der Waals surface area contributed by atoms with E-state index in [4.69, 9.17) is 14.6 Å². The number of hydrogen-bond acceptors (Lipinski definition) is 4. The van der Waals surface area contributed by atoms with Crippen molar-refractivity contribution in [2.24, 2.45) is 0 Å². The van der Waals surface area contributed by atoms with Crippen molar-refractivity contribution in [1.29, 1.82) is 0 Å². The second-order valence-electron chi connectivity index (χ2n) is 4.33. The van der Waals surface area contributed by atoms with E-state index in [1.54, 1.807) is 49.4 Å². The van der Waals surface area contributed by atoms with E-state index >= 15 is 0 Å². The first-order valence-electron chi connectivity index (χ1n) is 6.22. The first-order chi connectivity index (χ1) is 10.0. The van der Waals surface area contributed by atoms with Crippen LogP contribution in [-0.4, -0.2) is 24.3 Å². The number of hydrogen-bond donors (Lipinski definition) is 1. The molecule has 0 aromatic heterocycles. The molecule has 21 heavy (non-hydrogen) atoms. The van der Waals surface area contributed by atoms with E-state index < -0.39 is 12.1 Å². The summed E-state index contributed by atoms with van der Waals surface area (Å²) in [4.78, 5) is 22.5. The van der Waals surface area contributed by atoms with E-state index in [0.29, 0.717) is 16.7 Å². The van der Waals surface area contributed by atoms with E-state index in [1.165, 1.54) is 7.11 Å². The number of carbonyl (C=O) groups excluding carboxylic acids is 1. The van der Waals surface area contributed by atoms with E-state index in [1.807, 2.05) is 0 Å². The Morgan fingerprint density at radius 2 is 1.67 bits per heavy atom. The van der Waals surface area contributed by atoms with Gasteiger partial charge in [-0.2, -0.15) is 0 Å². The monoisotopic (exact) mass is 286 g/mol. The van der Waals surface area contributed by atoms with Gasteiger partial charge in [0.15, 0.2) is 0 Å². The molecule has 0 bridgehead atoms. The molecule has 2 rings (SSSR count). The van der Waals surface area contributed by atoms with Gasteiger partial charge in [0.25, 0.3) is 0 Å². The summed E-state index contributed by atoms with van der Waals surface area (Å²) in [5.41, 5.74) is 2.43. The molecule has 5 nitrogen and oxygen atoms in total. The van der Waals surface area contributed by atoms with Crippen molar-refractivity contribution in [1.82, 2.24) is 0 Å². The number of benzene rings is 2. The lowest BCUT2D eigenvalue weighted by atomic mass is 9.95. The SMILES string of the molecule is COC(=O)c1ccccc1-c1cccc(OC(=O)O)c1C. The fourth-order valence-electron chi connectivity index (χ4n) is 2.12. The number of ether oxygens (including phenoxy) is 2. The average Bonchev–Trinajstić information content (AvgIpc) is 2.48. The highest BCUT2D eigenvalue weighted by atomic mass is 16.7. The minimum absolute atomic E-state index is 0.236. The normalized spacial score (nSPS) is 10.0. The van der Waals surface area contributed by atoms with Gasteiger partial charge in [0.1, 0.15) is 5.75 Å². The molecule has 0 aliphatic carbocycles. The molecule has 1 N–H and O–H groups in total. The van der Waals surface area contributed by atoms with Crippen LogP contribution in [0.1, 0.15) is 15.9 Å². The van der Waals surface area contributed by atoms with Crippen molar-refractivity contribution in [3.8, 4) is 16.9 Å². The number of rotatable bonds is 3.